The highest BCUT2D eigenvalue weighted by Gasteiger charge is 2.08. The van der Waals surface area contributed by atoms with Gasteiger partial charge in [0.25, 0.3) is 0 Å². The first kappa shape index (κ1) is 8.21. The minimum atomic E-state index is 0.527. The highest BCUT2D eigenvalue weighted by Crippen LogP contribution is 2.29. The lowest BCUT2D eigenvalue weighted by Gasteiger charge is -1.97. The fourth-order valence-corrected chi connectivity index (χ4v) is 2.81. The highest BCUT2D eigenvalue weighted by atomic mass is 79.9. The van der Waals surface area contributed by atoms with E-state index in [1.165, 1.54) is 9.48 Å². The van der Waals surface area contributed by atoms with E-state index in [2.05, 4.69) is 34.8 Å². The molecule has 0 saturated heterocycles. The minimum absolute atomic E-state index is 0.527. The number of thiazole rings is 1. The van der Waals surface area contributed by atoms with Crippen LogP contribution in [0.1, 0.15) is 30.5 Å². The lowest BCUT2D eigenvalue weighted by molar-refractivity contribution is 0.824. The van der Waals surface area contributed by atoms with Gasteiger partial charge in [-0.1, -0.05) is 13.8 Å². The summed E-state index contributed by atoms with van der Waals surface area (Å²) >= 11 is 5.18. The fourth-order valence-electron chi connectivity index (χ4n) is 0.774. The number of nitrogens with zero attached hydrogens (tertiary/aromatic N) is 1. The van der Waals surface area contributed by atoms with Gasteiger partial charge in [0.1, 0.15) is 0 Å². The predicted molar refractivity (Wildman–Crippen MR) is 48.6 cm³/mol. The molecule has 0 aromatic carbocycles. The van der Waals surface area contributed by atoms with Gasteiger partial charge in [-0.05, 0) is 28.8 Å². The lowest BCUT2D eigenvalue weighted by Crippen LogP contribution is -1.87. The number of hydrogen-bond acceptors (Lipinski definition) is 2. The average molecular weight is 220 g/mol. The van der Waals surface area contributed by atoms with E-state index in [4.69, 9.17) is 0 Å². The zero-order valence-electron chi connectivity index (χ0n) is 6.31. The monoisotopic (exact) mass is 219 g/mol. The molecule has 0 spiro atoms. The molecule has 0 aliphatic heterocycles. The van der Waals surface area contributed by atoms with Crippen LogP contribution in [-0.4, -0.2) is 4.98 Å². The summed E-state index contributed by atoms with van der Waals surface area (Å²) in [5.41, 5.74) is 1.18. The van der Waals surface area contributed by atoms with Crippen LogP contribution in [0.2, 0.25) is 0 Å². The topological polar surface area (TPSA) is 12.9 Å². The molecular weight excluding hydrogens is 210 g/mol. The van der Waals surface area contributed by atoms with Crippen LogP contribution in [0.5, 0.6) is 0 Å². The summed E-state index contributed by atoms with van der Waals surface area (Å²) in [6.07, 6.45) is 0. The van der Waals surface area contributed by atoms with Crippen molar-refractivity contribution in [1.29, 1.82) is 0 Å². The molecule has 1 aromatic rings. The first-order chi connectivity index (χ1) is 4.61. The molecule has 0 radical (unpaired) electrons. The number of aryl methyl sites for hydroxylation is 1. The summed E-state index contributed by atoms with van der Waals surface area (Å²) in [4.78, 5) is 4.38. The van der Waals surface area contributed by atoms with Crippen molar-refractivity contribution in [2.45, 2.75) is 26.7 Å². The van der Waals surface area contributed by atoms with Crippen LogP contribution in [0.4, 0.5) is 0 Å². The van der Waals surface area contributed by atoms with Gasteiger partial charge in [-0.2, -0.15) is 0 Å². The van der Waals surface area contributed by atoms with Crippen molar-refractivity contribution >= 4 is 27.3 Å². The lowest BCUT2D eigenvalue weighted by atomic mass is 10.2. The molecule has 56 valence electrons. The third-order valence-electron chi connectivity index (χ3n) is 1.26. The minimum Gasteiger partial charge on any atom is -0.245 e. The van der Waals surface area contributed by atoms with Crippen LogP contribution in [0.3, 0.4) is 0 Å². The molecule has 0 bridgehead atoms. The first-order valence-electron chi connectivity index (χ1n) is 3.24. The molecule has 0 saturated carbocycles. The predicted octanol–water partition coefficient (Wildman–Crippen LogP) is 3.34. The molecule has 0 atom stereocenters. The van der Waals surface area contributed by atoms with E-state index >= 15 is 0 Å². The summed E-state index contributed by atoms with van der Waals surface area (Å²) in [6, 6.07) is 0. The molecule has 0 aliphatic carbocycles. The van der Waals surface area contributed by atoms with Gasteiger partial charge in [0.05, 0.1) is 14.5 Å². The molecule has 0 N–H and O–H groups in total. The summed E-state index contributed by atoms with van der Waals surface area (Å²) in [6.45, 7) is 6.33. The SMILES string of the molecule is Cc1nc(C(C)C)c(Br)s1. The van der Waals surface area contributed by atoms with E-state index in [-0.39, 0.29) is 0 Å². The van der Waals surface area contributed by atoms with Gasteiger partial charge in [-0.3, -0.25) is 0 Å². The fraction of sp³-hybridized carbons (Fsp3) is 0.571. The quantitative estimate of drug-likeness (QED) is 0.707. The van der Waals surface area contributed by atoms with Gasteiger partial charge in [0.2, 0.25) is 0 Å². The summed E-state index contributed by atoms with van der Waals surface area (Å²) < 4.78 is 1.18. The summed E-state index contributed by atoms with van der Waals surface area (Å²) in [7, 11) is 0. The zero-order chi connectivity index (χ0) is 7.72. The maximum absolute atomic E-state index is 4.38. The second-order valence-corrected chi connectivity index (χ2v) is 5.07. The highest BCUT2D eigenvalue weighted by molar-refractivity contribution is 9.11. The molecule has 10 heavy (non-hydrogen) atoms. The van der Waals surface area contributed by atoms with Gasteiger partial charge in [-0.25, -0.2) is 4.98 Å². The van der Waals surface area contributed by atoms with Gasteiger partial charge < -0.3 is 0 Å². The Labute approximate surface area is 73.6 Å². The third-order valence-corrected chi connectivity index (χ3v) is 2.93. The van der Waals surface area contributed by atoms with Crippen molar-refractivity contribution in [3.8, 4) is 0 Å². The maximum Gasteiger partial charge on any atom is 0.0934 e. The van der Waals surface area contributed by atoms with E-state index in [1.54, 1.807) is 11.3 Å². The normalized spacial score (nSPS) is 10.9. The number of halogens is 1. The Bertz CT molecular complexity index is 230. The standard InChI is InChI=1S/C7H10BrNS/c1-4(2)6-7(8)10-5(3)9-6/h4H,1-3H3. The molecule has 1 rings (SSSR count). The largest absolute Gasteiger partial charge is 0.245 e. The molecule has 1 nitrogen and oxygen atoms in total. The Morgan fingerprint density at radius 2 is 2.10 bits per heavy atom. The van der Waals surface area contributed by atoms with Crippen molar-refractivity contribution in [1.82, 2.24) is 4.98 Å². The van der Waals surface area contributed by atoms with Gasteiger partial charge in [0.15, 0.2) is 0 Å². The van der Waals surface area contributed by atoms with Crippen molar-refractivity contribution in [3.05, 3.63) is 14.5 Å². The van der Waals surface area contributed by atoms with E-state index in [1.807, 2.05) is 6.92 Å². The molecule has 1 heterocycles. The molecular formula is C7H10BrNS. The molecule has 0 amide bonds. The first-order valence-corrected chi connectivity index (χ1v) is 4.85. The van der Waals surface area contributed by atoms with Crippen LogP contribution in [0.15, 0.2) is 3.79 Å². The Morgan fingerprint density at radius 3 is 2.30 bits per heavy atom. The molecule has 0 aliphatic rings. The van der Waals surface area contributed by atoms with Crippen LogP contribution in [0, 0.1) is 6.92 Å². The van der Waals surface area contributed by atoms with Crippen LogP contribution in [0.25, 0.3) is 0 Å². The van der Waals surface area contributed by atoms with E-state index in [9.17, 15) is 0 Å². The molecule has 3 heteroatoms. The third kappa shape index (κ3) is 1.58. The molecule has 1 aromatic heterocycles. The number of aromatic nitrogens is 1. The number of hydrogen-bond donors (Lipinski definition) is 0. The van der Waals surface area contributed by atoms with Crippen LogP contribution < -0.4 is 0 Å². The van der Waals surface area contributed by atoms with Crippen molar-refractivity contribution < 1.29 is 0 Å². The van der Waals surface area contributed by atoms with E-state index in [0.717, 1.165) is 5.01 Å². The summed E-state index contributed by atoms with van der Waals surface area (Å²) in [5, 5.41) is 1.13. The van der Waals surface area contributed by atoms with Crippen molar-refractivity contribution in [2.24, 2.45) is 0 Å². The Balaban J connectivity index is 3.03. The average Bonchev–Trinajstić information content (AvgIpc) is 2.10. The van der Waals surface area contributed by atoms with Gasteiger partial charge >= 0.3 is 0 Å². The Kier molecular flexibility index (Phi) is 2.47. The van der Waals surface area contributed by atoms with Gasteiger partial charge in [0, 0.05) is 0 Å². The van der Waals surface area contributed by atoms with Crippen LogP contribution in [-0.2, 0) is 0 Å². The Morgan fingerprint density at radius 1 is 1.50 bits per heavy atom. The molecule has 0 fully saturated rings. The van der Waals surface area contributed by atoms with E-state index in [0.29, 0.717) is 5.92 Å². The maximum atomic E-state index is 4.38. The van der Waals surface area contributed by atoms with Crippen LogP contribution >= 0.6 is 27.3 Å². The smallest absolute Gasteiger partial charge is 0.0934 e. The Hall–Kier alpha value is 0.110. The van der Waals surface area contributed by atoms with E-state index < -0.39 is 0 Å². The molecule has 0 unspecified atom stereocenters. The number of rotatable bonds is 1. The second kappa shape index (κ2) is 3.01. The summed E-state index contributed by atoms with van der Waals surface area (Å²) in [5.74, 6) is 0.527. The van der Waals surface area contributed by atoms with Crippen molar-refractivity contribution in [3.63, 3.8) is 0 Å². The second-order valence-electron chi connectivity index (χ2n) is 2.55. The zero-order valence-corrected chi connectivity index (χ0v) is 8.71. The van der Waals surface area contributed by atoms with Crippen molar-refractivity contribution in [2.75, 3.05) is 0 Å². The van der Waals surface area contributed by atoms with Gasteiger partial charge in [-0.15, -0.1) is 11.3 Å².